The summed E-state index contributed by atoms with van der Waals surface area (Å²) in [4.78, 5) is 17.9. The minimum Gasteiger partial charge on any atom is -0.383 e. The van der Waals surface area contributed by atoms with Crippen molar-refractivity contribution in [3.8, 4) is 0 Å². The number of carbonyl (C=O) groups excluding carboxylic acids is 1. The van der Waals surface area contributed by atoms with Crippen LogP contribution in [0.3, 0.4) is 0 Å². The van der Waals surface area contributed by atoms with Crippen molar-refractivity contribution < 1.29 is 14.4 Å². The zero-order valence-electron chi connectivity index (χ0n) is 11.7. The van der Waals surface area contributed by atoms with Gasteiger partial charge in [0.1, 0.15) is 6.10 Å². The zero-order valence-corrected chi connectivity index (χ0v) is 11.7. The molecule has 0 radical (unpaired) electrons. The third-order valence-electron chi connectivity index (χ3n) is 3.32. The van der Waals surface area contributed by atoms with Crippen molar-refractivity contribution >= 4 is 5.91 Å². The van der Waals surface area contributed by atoms with E-state index in [0.717, 1.165) is 12.8 Å². The average Bonchev–Trinajstić information content (AvgIpc) is 3.14. The number of rotatable bonds is 6. The van der Waals surface area contributed by atoms with Crippen molar-refractivity contribution in [2.75, 3.05) is 6.54 Å². The SMILES string of the molecule is CCN(Cc1noc(C2CC2)n1)C(=O)[C@H](O)C(C)C. The third-order valence-corrected chi connectivity index (χ3v) is 3.32. The van der Waals surface area contributed by atoms with Crippen molar-refractivity contribution in [1.29, 1.82) is 0 Å². The second kappa shape index (κ2) is 5.69. The van der Waals surface area contributed by atoms with Crippen LogP contribution in [0.25, 0.3) is 0 Å². The van der Waals surface area contributed by atoms with Gasteiger partial charge in [-0.05, 0) is 25.7 Å². The number of likely N-dealkylation sites (N-methyl/N-ethyl adjacent to an activating group) is 1. The van der Waals surface area contributed by atoms with Gasteiger partial charge in [-0.1, -0.05) is 19.0 Å². The molecule has 1 aliphatic carbocycles. The molecule has 1 atom stereocenters. The molecule has 6 heteroatoms. The van der Waals surface area contributed by atoms with Crippen molar-refractivity contribution in [3.05, 3.63) is 11.7 Å². The van der Waals surface area contributed by atoms with E-state index in [2.05, 4.69) is 10.1 Å². The summed E-state index contributed by atoms with van der Waals surface area (Å²) in [7, 11) is 0. The first-order chi connectivity index (χ1) is 9.02. The lowest BCUT2D eigenvalue weighted by molar-refractivity contribution is -0.142. The fourth-order valence-electron chi connectivity index (χ4n) is 1.82. The lowest BCUT2D eigenvalue weighted by Gasteiger charge is -2.24. The molecule has 1 N–H and O–H groups in total. The first-order valence-electron chi connectivity index (χ1n) is 6.82. The van der Waals surface area contributed by atoms with E-state index in [1.165, 1.54) is 0 Å². The van der Waals surface area contributed by atoms with Gasteiger partial charge < -0.3 is 14.5 Å². The largest absolute Gasteiger partial charge is 0.383 e. The summed E-state index contributed by atoms with van der Waals surface area (Å²) in [5, 5.41) is 13.7. The van der Waals surface area contributed by atoms with Crippen molar-refractivity contribution in [1.82, 2.24) is 15.0 Å². The molecule has 1 amide bonds. The topological polar surface area (TPSA) is 79.5 Å². The summed E-state index contributed by atoms with van der Waals surface area (Å²) in [6, 6.07) is 0. The fraction of sp³-hybridized carbons (Fsp3) is 0.769. The Morgan fingerprint density at radius 2 is 2.21 bits per heavy atom. The molecule has 0 aliphatic heterocycles. The van der Waals surface area contributed by atoms with Crippen LogP contribution in [0.2, 0.25) is 0 Å². The van der Waals surface area contributed by atoms with Gasteiger partial charge in [-0.15, -0.1) is 0 Å². The van der Waals surface area contributed by atoms with E-state index in [1.54, 1.807) is 4.90 Å². The number of hydrogen-bond donors (Lipinski definition) is 1. The Hall–Kier alpha value is -1.43. The maximum atomic E-state index is 12.1. The van der Waals surface area contributed by atoms with Crippen LogP contribution in [-0.4, -0.2) is 38.7 Å². The molecule has 0 saturated heterocycles. The lowest BCUT2D eigenvalue weighted by Crippen LogP contribution is -2.41. The molecule has 6 nitrogen and oxygen atoms in total. The number of carbonyl (C=O) groups is 1. The Bertz CT molecular complexity index is 440. The molecular formula is C13H21N3O3. The lowest BCUT2D eigenvalue weighted by atomic mass is 10.1. The Labute approximate surface area is 112 Å². The summed E-state index contributed by atoms with van der Waals surface area (Å²) < 4.78 is 5.16. The number of aromatic nitrogens is 2. The van der Waals surface area contributed by atoms with Gasteiger partial charge in [0.15, 0.2) is 5.82 Å². The molecule has 0 aromatic carbocycles. The van der Waals surface area contributed by atoms with Crippen LogP contribution in [0, 0.1) is 5.92 Å². The Morgan fingerprint density at radius 1 is 1.53 bits per heavy atom. The van der Waals surface area contributed by atoms with Gasteiger partial charge in [0.25, 0.3) is 5.91 Å². The van der Waals surface area contributed by atoms with E-state index in [9.17, 15) is 9.90 Å². The molecule has 0 bridgehead atoms. The molecule has 1 heterocycles. The predicted octanol–water partition coefficient (Wildman–Crippen LogP) is 1.31. The maximum Gasteiger partial charge on any atom is 0.252 e. The number of aliphatic hydroxyl groups is 1. The van der Waals surface area contributed by atoms with Crippen LogP contribution in [0.5, 0.6) is 0 Å². The smallest absolute Gasteiger partial charge is 0.252 e. The van der Waals surface area contributed by atoms with Crippen LogP contribution in [-0.2, 0) is 11.3 Å². The molecule has 0 spiro atoms. The molecular weight excluding hydrogens is 246 g/mol. The highest BCUT2D eigenvalue weighted by atomic mass is 16.5. The fourth-order valence-corrected chi connectivity index (χ4v) is 1.82. The van der Waals surface area contributed by atoms with Crippen LogP contribution >= 0.6 is 0 Å². The van der Waals surface area contributed by atoms with E-state index in [1.807, 2.05) is 20.8 Å². The Kier molecular flexibility index (Phi) is 4.19. The van der Waals surface area contributed by atoms with E-state index in [-0.39, 0.29) is 18.4 Å². The van der Waals surface area contributed by atoms with Gasteiger partial charge in [0.05, 0.1) is 6.54 Å². The number of nitrogens with zero attached hydrogens (tertiary/aromatic N) is 3. The predicted molar refractivity (Wildman–Crippen MR) is 68.2 cm³/mol. The zero-order chi connectivity index (χ0) is 14.0. The van der Waals surface area contributed by atoms with E-state index >= 15 is 0 Å². The highest BCUT2D eigenvalue weighted by Gasteiger charge is 2.30. The Morgan fingerprint density at radius 3 is 2.74 bits per heavy atom. The van der Waals surface area contributed by atoms with Crippen LogP contribution < -0.4 is 0 Å². The quantitative estimate of drug-likeness (QED) is 0.840. The van der Waals surface area contributed by atoms with E-state index in [4.69, 9.17) is 4.52 Å². The van der Waals surface area contributed by atoms with Gasteiger partial charge in [-0.25, -0.2) is 0 Å². The molecule has 1 aliphatic rings. The molecule has 1 saturated carbocycles. The van der Waals surface area contributed by atoms with Gasteiger partial charge in [0.2, 0.25) is 5.89 Å². The van der Waals surface area contributed by atoms with Crippen molar-refractivity contribution in [2.24, 2.45) is 5.92 Å². The third kappa shape index (κ3) is 3.32. The summed E-state index contributed by atoms with van der Waals surface area (Å²) >= 11 is 0. The van der Waals surface area contributed by atoms with Crippen LogP contribution in [0.1, 0.15) is 51.2 Å². The molecule has 1 aromatic rings. The minimum absolute atomic E-state index is 0.103. The highest BCUT2D eigenvalue weighted by molar-refractivity contribution is 5.80. The summed E-state index contributed by atoms with van der Waals surface area (Å²) in [6.45, 7) is 6.30. The highest BCUT2D eigenvalue weighted by Crippen LogP contribution is 2.38. The molecule has 1 aromatic heterocycles. The van der Waals surface area contributed by atoms with Gasteiger partial charge in [-0.2, -0.15) is 4.98 Å². The molecule has 1 fully saturated rings. The summed E-state index contributed by atoms with van der Waals surface area (Å²) in [6.07, 6.45) is 1.23. The number of amides is 1. The Balaban J connectivity index is 1.99. The molecule has 0 unspecified atom stereocenters. The number of hydrogen-bond acceptors (Lipinski definition) is 5. The summed E-state index contributed by atoms with van der Waals surface area (Å²) in [5.74, 6) is 1.20. The van der Waals surface area contributed by atoms with Crippen LogP contribution in [0.4, 0.5) is 0 Å². The van der Waals surface area contributed by atoms with Gasteiger partial charge in [0, 0.05) is 12.5 Å². The van der Waals surface area contributed by atoms with E-state index in [0.29, 0.717) is 24.2 Å². The minimum atomic E-state index is -0.977. The first-order valence-corrected chi connectivity index (χ1v) is 6.82. The average molecular weight is 267 g/mol. The second-order valence-corrected chi connectivity index (χ2v) is 5.36. The standard InChI is InChI=1S/C13H21N3O3/c1-4-16(13(18)11(17)8(2)3)7-10-14-12(19-15-10)9-5-6-9/h8-9,11,17H,4-7H2,1-3H3/t11-/m1/s1. The molecule has 106 valence electrons. The van der Waals surface area contributed by atoms with Gasteiger partial charge in [-0.3, -0.25) is 4.79 Å². The van der Waals surface area contributed by atoms with Crippen molar-refractivity contribution in [2.45, 2.75) is 52.2 Å². The maximum absolute atomic E-state index is 12.1. The monoisotopic (exact) mass is 267 g/mol. The first kappa shape index (κ1) is 14.0. The van der Waals surface area contributed by atoms with Crippen LogP contribution in [0.15, 0.2) is 4.52 Å². The molecule has 2 rings (SSSR count). The normalized spacial score (nSPS) is 16.7. The van der Waals surface area contributed by atoms with E-state index < -0.39 is 6.10 Å². The second-order valence-electron chi connectivity index (χ2n) is 5.36. The number of aliphatic hydroxyl groups excluding tert-OH is 1. The summed E-state index contributed by atoms with van der Waals surface area (Å²) in [5.41, 5.74) is 0. The molecule has 19 heavy (non-hydrogen) atoms. The van der Waals surface area contributed by atoms with Crippen molar-refractivity contribution in [3.63, 3.8) is 0 Å². The van der Waals surface area contributed by atoms with Gasteiger partial charge >= 0.3 is 0 Å².